The van der Waals surface area contributed by atoms with Gasteiger partial charge >= 0.3 is 0 Å². The molecule has 0 N–H and O–H groups in total. The molecule has 2 heteroatoms. The van der Waals surface area contributed by atoms with Gasteiger partial charge in [-0.3, -0.25) is 0 Å². The summed E-state index contributed by atoms with van der Waals surface area (Å²) < 4.78 is 5.45. The smallest absolute Gasteiger partial charge is 0.119 e. The second kappa shape index (κ2) is 4.52. The van der Waals surface area contributed by atoms with Crippen molar-refractivity contribution in [1.29, 1.82) is 0 Å². The fraction of sp³-hybridized carbons (Fsp3) is 0.647. The first kappa shape index (κ1) is 13.0. The van der Waals surface area contributed by atoms with Crippen LogP contribution in [0.5, 0.6) is 5.75 Å². The van der Waals surface area contributed by atoms with E-state index in [9.17, 15) is 0 Å². The minimum Gasteiger partial charge on any atom is -0.497 e. The third-order valence-corrected chi connectivity index (χ3v) is 5.84. The summed E-state index contributed by atoms with van der Waals surface area (Å²) in [5.41, 5.74) is 3.46. The third kappa shape index (κ3) is 1.73. The van der Waals surface area contributed by atoms with E-state index in [4.69, 9.17) is 4.74 Å². The van der Waals surface area contributed by atoms with Crippen molar-refractivity contribution in [2.75, 3.05) is 20.7 Å². The second-order valence-corrected chi connectivity index (χ2v) is 6.32. The van der Waals surface area contributed by atoms with E-state index in [0.717, 1.165) is 11.7 Å². The number of nitrogens with zero attached hydrogens (tertiary/aromatic N) is 1. The average molecular weight is 259 g/mol. The lowest BCUT2D eigenvalue weighted by molar-refractivity contribution is 0.0385. The molecule has 0 radical (unpaired) electrons. The van der Waals surface area contributed by atoms with Gasteiger partial charge in [-0.2, -0.15) is 0 Å². The van der Waals surface area contributed by atoms with E-state index < -0.39 is 0 Å². The van der Waals surface area contributed by atoms with Gasteiger partial charge in [0.05, 0.1) is 7.11 Å². The van der Waals surface area contributed by atoms with Gasteiger partial charge in [-0.05, 0) is 62.0 Å². The SMILES string of the molecule is CC[C@]12CCN(C)[C@H](Cc3ccc(OC)cc31)[C@@H]2C. The summed E-state index contributed by atoms with van der Waals surface area (Å²) in [6, 6.07) is 7.41. The highest BCUT2D eigenvalue weighted by Crippen LogP contribution is 2.51. The lowest BCUT2D eigenvalue weighted by Gasteiger charge is -2.55. The third-order valence-electron chi connectivity index (χ3n) is 5.84. The molecule has 19 heavy (non-hydrogen) atoms. The standard InChI is InChI=1S/C17H25NO/c1-5-17-8-9-18(3)16(12(17)2)10-13-6-7-14(19-4)11-15(13)17/h6-7,11-12,16H,5,8-10H2,1-4H3/t12-,16+,17+/m0/s1. The zero-order chi connectivity index (χ0) is 13.6. The van der Waals surface area contributed by atoms with Crippen molar-refractivity contribution >= 4 is 0 Å². The highest BCUT2D eigenvalue weighted by atomic mass is 16.5. The Kier molecular flexibility index (Phi) is 3.09. The summed E-state index contributed by atoms with van der Waals surface area (Å²) in [5, 5.41) is 0. The number of fused-ring (bicyclic) bond motifs is 4. The summed E-state index contributed by atoms with van der Waals surface area (Å²) in [7, 11) is 4.05. The van der Waals surface area contributed by atoms with Crippen LogP contribution in [0, 0.1) is 5.92 Å². The van der Waals surface area contributed by atoms with E-state index in [1.54, 1.807) is 12.7 Å². The minimum absolute atomic E-state index is 0.360. The van der Waals surface area contributed by atoms with E-state index in [-0.39, 0.29) is 0 Å². The molecule has 1 aliphatic heterocycles. The van der Waals surface area contributed by atoms with Gasteiger partial charge < -0.3 is 9.64 Å². The van der Waals surface area contributed by atoms with Crippen LogP contribution < -0.4 is 4.74 Å². The van der Waals surface area contributed by atoms with E-state index in [2.05, 4.69) is 44.0 Å². The molecule has 3 atom stereocenters. The molecule has 0 spiro atoms. The maximum absolute atomic E-state index is 5.45. The van der Waals surface area contributed by atoms with Crippen molar-refractivity contribution in [1.82, 2.24) is 4.90 Å². The van der Waals surface area contributed by atoms with Gasteiger partial charge in [-0.15, -0.1) is 0 Å². The van der Waals surface area contributed by atoms with E-state index in [1.165, 1.54) is 31.4 Å². The van der Waals surface area contributed by atoms with Crippen LogP contribution in [0.3, 0.4) is 0 Å². The molecule has 0 unspecified atom stereocenters. The Bertz CT molecular complexity index is 484. The lowest BCUT2D eigenvalue weighted by Crippen LogP contribution is -2.57. The molecule has 0 amide bonds. The molecule has 104 valence electrons. The fourth-order valence-electron chi connectivity index (χ4n) is 4.47. The maximum Gasteiger partial charge on any atom is 0.119 e. The number of hydrogen-bond acceptors (Lipinski definition) is 2. The van der Waals surface area contributed by atoms with E-state index in [1.807, 2.05) is 0 Å². The Morgan fingerprint density at radius 3 is 2.89 bits per heavy atom. The Morgan fingerprint density at radius 2 is 2.21 bits per heavy atom. The Labute approximate surface area is 116 Å². The Hall–Kier alpha value is -1.02. The lowest BCUT2D eigenvalue weighted by atomic mass is 9.57. The predicted octanol–water partition coefficient (Wildman–Crippen LogP) is 3.24. The van der Waals surface area contributed by atoms with Crippen LogP contribution in [0.25, 0.3) is 0 Å². The monoisotopic (exact) mass is 259 g/mol. The van der Waals surface area contributed by atoms with Crippen LogP contribution in [-0.2, 0) is 11.8 Å². The van der Waals surface area contributed by atoms with Gasteiger partial charge in [0, 0.05) is 11.5 Å². The highest BCUT2D eigenvalue weighted by Gasteiger charge is 2.49. The van der Waals surface area contributed by atoms with Gasteiger partial charge in [0.15, 0.2) is 0 Å². The normalized spacial score (nSPS) is 33.9. The average Bonchev–Trinajstić information content (AvgIpc) is 2.43. The summed E-state index contributed by atoms with van der Waals surface area (Å²) in [6.45, 7) is 6.03. The molecule has 1 aromatic carbocycles. The quantitative estimate of drug-likeness (QED) is 0.808. The zero-order valence-electron chi connectivity index (χ0n) is 12.6. The van der Waals surface area contributed by atoms with Crippen LogP contribution in [0.1, 0.15) is 37.8 Å². The van der Waals surface area contributed by atoms with Crippen LogP contribution in [0.2, 0.25) is 0 Å². The number of rotatable bonds is 2. The molecule has 2 aliphatic rings. The van der Waals surface area contributed by atoms with Gasteiger partial charge in [-0.25, -0.2) is 0 Å². The molecule has 1 aromatic rings. The van der Waals surface area contributed by atoms with Crippen LogP contribution in [0.4, 0.5) is 0 Å². The van der Waals surface area contributed by atoms with Gasteiger partial charge in [0.25, 0.3) is 0 Å². The van der Waals surface area contributed by atoms with Crippen LogP contribution >= 0.6 is 0 Å². The molecule has 0 saturated carbocycles. The minimum atomic E-state index is 0.360. The topological polar surface area (TPSA) is 12.5 Å². The summed E-state index contributed by atoms with van der Waals surface area (Å²) in [4.78, 5) is 2.56. The van der Waals surface area contributed by atoms with Gasteiger partial charge in [-0.1, -0.05) is 19.9 Å². The summed E-state index contributed by atoms with van der Waals surface area (Å²) in [5.74, 6) is 1.74. The molecule has 2 nitrogen and oxygen atoms in total. The molecule has 1 heterocycles. The Morgan fingerprint density at radius 1 is 1.42 bits per heavy atom. The van der Waals surface area contributed by atoms with Crippen molar-refractivity contribution in [3.05, 3.63) is 29.3 Å². The molecule has 1 aliphatic carbocycles. The summed E-state index contributed by atoms with van der Waals surface area (Å²) in [6.07, 6.45) is 3.70. The molecule has 3 rings (SSSR count). The zero-order valence-corrected chi connectivity index (χ0v) is 12.6. The number of likely N-dealkylation sites (N-methyl/N-ethyl adjacent to an activating group) is 1. The van der Waals surface area contributed by atoms with E-state index in [0.29, 0.717) is 11.5 Å². The molecule has 0 aromatic heterocycles. The van der Waals surface area contributed by atoms with Crippen molar-refractivity contribution < 1.29 is 4.74 Å². The van der Waals surface area contributed by atoms with Crippen molar-refractivity contribution in [2.24, 2.45) is 5.92 Å². The van der Waals surface area contributed by atoms with Gasteiger partial charge in [0.2, 0.25) is 0 Å². The number of hydrogen-bond donors (Lipinski definition) is 0. The van der Waals surface area contributed by atoms with Crippen LogP contribution in [-0.4, -0.2) is 31.6 Å². The summed E-state index contributed by atoms with van der Waals surface area (Å²) >= 11 is 0. The number of likely N-dealkylation sites (tertiary alicyclic amines) is 1. The van der Waals surface area contributed by atoms with Gasteiger partial charge in [0.1, 0.15) is 5.75 Å². The molecule has 2 bridgehead atoms. The van der Waals surface area contributed by atoms with Crippen molar-refractivity contribution in [3.63, 3.8) is 0 Å². The first-order valence-electron chi connectivity index (χ1n) is 7.50. The highest BCUT2D eigenvalue weighted by molar-refractivity contribution is 5.45. The van der Waals surface area contributed by atoms with Crippen molar-refractivity contribution in [3.8, 4) is 5.75 Å². The van der Waals surface area contributed by atoms with Crippen molar-refractivity contribution in [2.45, 2.75) is 44.6 Å². The first-order chi connectivity index (χ1) is 9.12. The molecule has 1 saturated heterocycles. The molecular formula is C17H25NO. The largest absolute Gasteiger partial charge is 0.497 e. The number of methoxy groups -OCH3 is 1. The fourth-order valence-corrected chi connectivity index (χ4v) is 4.47. The maximum atomic E-state index is 5.45. The Balaban J connectivity index is 2.15. The number of benzene rings is 1. The first-order valence-corrected chi connectivity index (χ1v) is 7.50. The predicted molar refractivity (Wildman–Crippen MR) is 78.9 cm³/mol. The molecule has 1 fully saturated rings. The second-order valence-electron chi connectivity index (χ2n) is 6.32. The van der Waals surface area contributed by atoms with Crippen LogP contribution in [0.15, 0.2) is 18.2 Å². The van der Waals surface area contributed by atoms with E-state index >= 15 is 0 Å². The number of ether oxygens (including phenoxy) is 1. The molecular weight excluding hydrogens is 234 g/mol. The number of piperidine rings is 1.